The van der Waals surface area contributed by atoms with Crippen LogP contribution >= 0.6 is 11.8 Å². The molecule has 1 N–H and O–H groups in total. The number of rotatable bonds is 2. The van der Waals surface area contributed by atoms with Gasteiger partial charge in [0.25, 0.3) is 0 Å². The molecule has 4 fully saturated rings. The molecule has 0 spiro atoms. The summed E-state index contributed by atoms with van der Waals surface area (Å²) in [5.74, 6) is -0.455. The first kappa shape index (κ1) is 20.8. The van der Waals surface area contributed by atoms with Crippen molar-refractivity contribution < 1.29 is 23.8 Å². The summed E-state index contributed by atoms with van der Waals surface area (Å²) in [7, 11) is 0. The summed E-state index contributed by atoms with van der Waals surface area (Å²) >= 11 is 1.71. The SMILES string of the molecule is C/C=C/C1O[C@@H]2C[C@H]3[C@@H]4CCC5=CC(=O)C=C(O)[C@]5(C)[C@@]4(F)CC[C@]3(C)[C@]2(SC)O1. The first-order valence-electron chi connectivity index (χ1n) is 11.0. The first-order chi connectivity index (χ1) is 14.2. The van der Waals surface area contributed by atoms with Crippen molar-refractivity contribution in [2.24, 2.45) is 22.7 Å². The van der Waals surface area contributed by atoms with Crippen LogP contribution in [-0.4, -0.2) is 40.1 Å². The lowest BCUT2D eigenvalue weighted by Crippen LogP contribution is -2.63. The molecule has 6 heteroatoms. The molecule has 5 aliphatic rings. The maximum Gasteiger partial charge on any atom is 0.181 e. The molecular weight excluding hydrogens is 403 g/mol. The fourth-order valence-electron chi connectivity index (χ4n) is 7.52. The second-order valence-corrected chi connectivity index (χ2v) is 11.0. The minimum Gasteiger partial charge on any atom is -0.511 e. The molecule has 3 saturated carbocycles. The Bertz CT molecular complexity index is 882. The van der Waals surface area contributed by atoms with Crippen LogP contribution in [0.1, 0.15) is 52.9 Å². The summed E-state index contributed by atoms with van der Waals surface area (Å²) in [6.07, 6.45) is 11.4. The van der Waals surface area contributed by atoms with Crippen LogP contribution in [0.4, 0.5) is 4.39 Å². The second kappa shape index (κ2) is 6.46. The molecule has 1 unspecified atom stereocenters. The molecular formula is C24H31FO4S. The van der Waals surface area contributed by atoms with E-state index in [1.54, 1.807) is 24.8 Å². The van der Waals surface area contributed by atoms with Crippen LogP contribution in [0, 0.1) is 22.7 Å². The van der Waals surface area contributed by atoms with Crippen molar-refractivity contribution in [3.05, 3.63) is 35.6 Å². The predicted molar refractivity (Wildman–Crippen MR) is 115 cm³/mol. The number of fused-ring (bicyclic) bond motifs is 7. The molecule has 0 aromatic rings. The molecule has 1 aliphatic heterocycles. The van der Waals surface area contributed by atoms with Gasteiger partial charge in [0, 0.05) is 11.5 Å². The van der Waals surface area contributed by atoms with E-state index in [1.807, 2.05) is 19.1 Å². The topological polar surface area (TPSA) is 55.8 Å². The average Bonchev–Trinajstić information content (AvgIpc) is 3.16. The zero-order valence-electron chi connectivity index (χ0n) is 18.1. The number of aliphatic hydroxyl groups excluding tert-OH is 1. The van der Waals surface area contributed by atoms with Crippen LogP contribution in [0.15, 0.2) is 35.6 Å². The molecule has 0 bridgehead atoms. The molecule has 0 amide bonds. The van der Waals surface area contributed by atoms with Gasteiger partial charge >= 0.3 is 0 Å². The molecule has 1 heterocycles. The van der Waals surface area contributed by atoms with Crippen molar-refractivity contribution in [3.63, 3.8) is 0 Å². The van der Waals surface area contributed by atoms with Crippen LogP contribution in [0.2, 0.25) is 0 Å². The predicted octanol–water partition coefficient (Wildman–Crippen LogP) is 5.26. The minimum absolute atomic E-state index is 0.0760. The Morgan fingerprint density at radius 3 is 2.73 bits per heavy atom. The van der Waals surface area contributed by atoms with Gasteiger partial charge in [-0.3, -0.25) is 4.79 Å². The Kier molecular flexibility index (Phi) is 4.47. The minimum atomic E-state index is -1.58. The van der Waals surface area contributed by atoms with E-state index in [4.69, 9.17) is 9.47 Å². The normalized spacial score (nSPS) is 52.4. The van der Waals surface area contributed by atoms with Crippen molar-refractivity contribution in [2.75, 3.05) is 6.26 Å². The van der Waals surface area contributed by atoms with Crippen molar-refractivity contribution >= 4 is 17.5 Å². The van der Waals surface area contributed by atoms with E-state index >= 15 is 4.39 Å². The summed E-state index contributed by atoms with van der Waals surface area (Å²) in [5, 5.41) is 10.8. The third-order valence-electron chi connectivity index (χ3n) is 9.14. The number of aliphatic hydroxyl groups is 1. The summed E-state index contributed by atoms with van der Waals surface area (Å²) in [6.45, 7) is 6.00. The fourth-order valence-corrected chi connectivity index (χ4v) is 8.85. The van der Waals surface area contributed by atoms with E-state index in [9.17, 15) is 9.90 Å². The number of alkyl halides is 1. The largest absolute Gasteiger partial charge is 0.511 e. The van der Waals surface area contributed by atoms with Crippen molar-refractivity contribution in [1.29, 1.82) is 0 Å². The van der Waals surface area contributed by atoms with Crippen molar-refractivity contribution in [3.8, 4) is 0 Å². The van der Waals surface area contributed by atoms with Crippen molar-refractivity contribution in [2.45, 2.75) is 75.9 Å². The van der Waals surface area contributed by atoms with E-state index in [0.29, 0.717) is 25.7 Å². The van der Waals surface area contributed by atoms with E-state index in [1.165, 1.54) is 6.08 Å². The number of halogens is 1. The third-order valence-corrected chi connectivity index (χ3v) is 10.6. The highest BCUT2D eigenvalue weighted by atomic mass is 32.2. The van der Waals surface area contributed by atoms with Crippen LogP contribution in [0.3, 0.4) is 0 Å². The number of ether oxygens (including phenoxy) is 2. The van der Waals surface area contributed by atoms with Gasteiger partial charge in [-0.05, 0) is 81.8 Å². The van der Waals surface area contributed by atoms with Gasteiger partial charge < -0.3 is 14.6 Å². The maximum atomic E-state index is 17.1. The summed E-state index contributed by atoms with van der Waals surface area (Å²) < 4.78 is 29.9. The molecule has 0 aromatic heterocycles. The highest BCUT2D eigenvalue weighted by molar-refractivity contribution is 7.99. The number of hydrogen-bond acceptors (Lipinski definition) is 5. The number of allylic oxidation sites excluding steroid dienone is 4. The monoisotopic (exact) mass is 434 g/mol. The van der Waals surface area contributed by atoms with Gasteiger partial charge in [-0.15, -0.1) is 11.8 Å². The Hall–Kier alpha value is -1.11. The van der Waals surface area contributed by atoms with Crippen LogP contribution in [0.5, 0.6) is 0 Å². The Labute approximate surface area is 182 Å². The van der Waals surface area contributed by atoms with E-state index < -0.39 is 16.0 Å². The lowest BCUT2D eigenvalue weighted by atomic mass is 9.46. The summed E-state index contributed by atoms with van der Waals surface area (Å²) in [4.78, 5) is 11.5. The molecule has 0 radical (unpaired) electrons. The van der Waals surface area contributed by atoms with Crippen molar-refractivity contribution in [1.82, 2.24) is 0 Å². The standard InChI is InChI=1S/C24H31FO4S/c1-5-6-20-28-19-13-17-16-8-7-14-11-15(26)12-18(27)22(14,3)23(16,25)10-9-21(17,2)24(19,29-20)30-4/h5-6,11-12,16-17,19-20,27H,7-10,13H2,1-4H3/b6-5+/t16-,17-,19+,20?,21-,22+,23+,24-/m0/s1. The molecule has 5 rings (SSSR count). The smallest absolute Gasteiger partial charge is 0.181 e. The average molecular weight is 435 g/mol. The zero-order chi connectivity index (χ0) is 21.5. The third kappa shape index (κ3) is 2.23. The summed E-state index contributed by atoms with van der Waals surface area (Å²) in [6, 6.07) is 0. The molecule has 4 aliphatic carbocycles. The molecule has 1 saturated heterocycles. The first-order valence-corrected chi connectivity index (χ1v) is 12.2. The van der Waals surface area contributed by atoms with Gasteiger partial charge in [0.05, 0.1) is 5.41 Å². The Morgan fingerprint density at radius 2 is 2.03 bits per heavy atom. The Morgan fingerprint density at radius 1 is 1.27 bits per heavy atom. The molecule has 4 nitrogen and oxygen atoms in total. The molecule has 30 heavy (non-hydrogen) atoms. The highest BCUT2D eigenvalue weighted by Crippen LogP contribution is 2.73. The highest BCUT2D eigenvalue weighted by Gasteiger charge is 2.75. The van der Waals surface area contributed by atoms with Gasteiger partial charge in [0.15, 0.2) is 12.1 Å². The lowest BCUT2D eigenvalue weighted by Gasteiger charge is -2.61. The molecule has 8 atom stereocenters. The lowest BCUT2D eigenvalue weighted by molar-refractivity contribution is -0.168. The molecule has 164 valence electrons. The fraction of sp³-hybridized carbons (Fsp3) is 0.708. The van der Waals surface area contributed by atoms with Gasteiger partial charge in [-0.25, -0.2) is 4.39 Å². The number of thioether (sulfide) groups is 1. The van der Waals surface area contributed by atoms with Crippen LogP contribution < -0.4 is 0 Å². The van der Waals surface area contributed by atoms with Crippen LogP contribution in [0.25, 0.3) is 0 Å². The van der Waals surface area contributed by atoms with Crippen LogP contribution in [-0.2, 0) is 14.3 Å². The van der Waals surface area contributed by atoms with E-state index in [0.717, 1.165) is 12.0 Å². The number of carbonyl (C=O) groups excluding carboxylic acids is 1. The van der Waals surface area contributed by atoms with E-state index in [2.05, 4.69) is 13.2 Å². The number of ketones is 1. The van der Waals surface area contributed by atoms with Gasteiger partial charge in [-0.1, -0.05) is 13.0 Å². The molecule has 0 aromatic carbocycles. The zero-order valence-corrected chi connectivity index (χ0v) is 18.9. The van der Waals surface area contributed by atoms with Gasteiger partial charge in [0.1, 0.15) is 22.5 Å². The number of carbonyl (C=O) groups is 1. The quantitative estimate of drug-likeness (QED) is 0.601. The summed E-state index contributed by atoms with van der Waals surface area (Å²) in [5.41, 5.74) is -2.17. The Balaban J connectivity index is 1.55. The van der Waals surface area contributed by atoms with Gasteiger partial charge in [-0.2, -0.15) is 0 Å². The van der Waals surface area contributed by atoms with Gasteiger partial charge in [0.2, 0.25) is 0 Å². The maximum absolute atomic E-state index is 17.1. The number of hydrogen-bond donors (Lipinski definition) is 1. The van der Waals surface area contributed by atoms with E-state index in [-0.39, 0.29) is 41.2 Å². The second-order valence-electron chi connectivity index (χ2n) is 10.0.